The molecule has 3 aromatic heterocycles. The molecule has 0 aliphatic heterocycles. The first-order valence-corrected chi connectivity index (χ1v) is 9.25. The highest BCUT2D eigenvalue weighted by Crippen LogP contribution is 2.35. The fourth-order valence-electron chi connectivity index (χ4n) is 3.38. The Morgan fingerprint density at radius 3 is 2.44 bits per heavy atom. The van der Waals surface area contributed by atoms with Crippen LogP contribution in [-0.2, 0) is 18.8 Å². The maximum atomic E-state index is 13.0. The van der Waals surface area contributed by atoms with Crippen LogP contribution in [0.3, 0.4) is 0 Å². The van der Waals surface area contributed by atoms with Crippen molar-refractivity contribution in [3.63, 3.8) is 0 Å². The molecule has 3 aromatic rings. The molecule has 166 valence electrons. The monoisotopic (exact) mass is 453 g/mol. The Morgan fingerprint density at radius 1 is 0.969 bits per heavy atom. The summed E-state index contributed by atoms with van der Waals surface area (Å²) in [6.45, 7) is 0. The van der Waals surface area contributed by atoms with E-state index in [9.17, 15) is 31.1 Å². The molecule has 0 unspecified atom stereocenters. The summed E-state index contributed by atoms with van der Waals surface area (Å²) in [4.78, 5) is 26.7. The number of carbonyl (C=O) groups excluding carboxylic acids is 1. The van der Waals surface area contributed by atoms with E-state index in [-0.39, 0.29) is 11.3 Å². The Bertz CT molecular complexity index is 1180. The molecule has 1 aliphatic rings. The fraction of sp³-hybridized carbons (Fsp3) is 0.250. The molecule has 32 heavy (non-hydrogen) atoms. The molecule has 1 amide bonds. The van der Waals surface area contributed by atoms with Crippen LogP contribution in [0.5, 0.6) is 0 Å². The highest BCUT2D eigenvalue weighted by atomic mass is 19.4. The molecule has 1 atom stereocenters. The van der Waals surface area contributed by atoms with Crippen LogP contribution in [0.1, 0.15) is 45.5 Å². The van der Waals surface area contributed by atoms with E-state index in [4.69, 9.17) is 0 Å². The quantitative estimate of drug-likeness (QED) is 0.595. The summed E-state index contributed by atoms with van der Waals surface area (Å²) in [6, 6.07) is 3.24. The van der Waals surface area contributed by atoms with Crippen LogP contribution >= 0.6 is 0 Å². The second-order valence-corrected chi connectivity index (χ2v) is 7.05. The number of alkyl halides is 6. The van der Waals surface area contributed by atoms with Crippen molar-refractivity contribution >= 4 is 5.91 Å². The van der Waals surface area contributed by atoms with Gasteiger partial charge in [-0.05, 0) is 42.2 Å². The predicted molar refractivity (Wildman–Crippen MR) is 98.0 cm³/mol. The Morgan fingerprint density at radius 2 is 1.72 bits per heavy atom. The predicted octanol–water partition coefficient (Wildman–Crippen LogP) is 4.39. The number of carbonyl (C=O) groups is 1. The number of pyridine rings is 2. The Hall–Kier alpha value is -3.57. The first-order chi connectivity index (χ1) is 15.0. The van der Waals surface area contributed by atoms with Crippen LogP contribution in [0.25, 0.3) is 11.3 Å². The van der Waals surface area contributed by atoms with Crippen molar-refractivity contribution < 1.29 is 31.1 Å². The molecule has 1 aliphatic carbocycles. The smallest absolute Gasteiger partial charge is 0.344 e. The second kappa shape index (κ2) is 7.84. The molecule has 0 bridgehead atoms. The number of hydrogen-bond acceptors (Lipinski definition) is 5. The molecule has 1 N–H and O–H groups in total. The first-order valence-electron chi connectivity index (χ1n) is 9.25. The third kappa shape index (κ3) is 4.39. The average molecular weight is 453 g/mol. The number of aromatic nitrogens is 4. The molecule has 6 nitrogen and oxygen atoms in total. The number of rotatable bonds is 3. The summed E-state index contributed by atoms with van der Waals surface area (Å²) in [7, 11) is 0. The highest BCUT2D eigenvalue weighted by Gasteiger charge is 2.35. The number of nitrogens with one attached hydrogen (secondary N) is 1. The molecule has 0 radical (unpaired) electrons. The van der Waals surface area contributed by atoms with Gasteiger partial charge in [0.1, 0.15) is 11.4 Å². The molecule has 0 saturated carbocycles. The standard InChI is InChI=1S/C20H13F6N5O/c21-19(22,23)16-5-10(3-4-28-16)14-6-12-11(7-29-14)1-2-13(12)31-18(32)15-8-27-9-17(30-15)20(24,25)26/h3-9,13H,1-2H2,(H,31,32)/t13-/m1/s1. The third-order valence-electron chi connectivity index (χ3n) is 4.91. The Balaban J connectivity index is 1.59. The topological polar surface area (TPSA) is 80.7 Å². The zero-order valence-corrected chi connectivity index (χ0v) is 16.0. The summed E-state index contributed by atoms with van der Waals surface area (Å²) >= 11 is 0. The Kier molecular flexibility index (Phi) is 5.31. The number of hydrogen-bond donors (Lipinski definition) is 1. The van der Waals surface area contributed by atoms with E-state index in [0.29, 0.717) is 24.6 Å². The van der Waals surface area contributed by atoms with Gasteiger partial charge in [-0.2, -0.15) is 26.3 Å². The first kappa shape index (κ1) is 21.7. The molecular weight excluding hydrogens is 440 g/mol. The lowest BCUT2D eigenvalue weighted by atomic mass is 10.0. The molecule has 0 aromatic carbocycles. The molecule has 0 saturated heterocycles. The van der Waals surface area contributed by atoms with E-state index in [2.05, 4.69) is 25.3 Å². The summed E-state index contributed by atoms with van der Waals surface area (Å²) in [5, 5.41) is 2.62. The van der Waals surface area contributed by atoms with E-state index < -0.39 is 41.4 Å². The maximum Gasteiger partial charge on any atom is 0.434 e. The van der Waals surface area contributed by atoms with E-state index in [0.717, 1.165) is 24.0 Å². The lowest BCUT2D eigenvalue weighted by molar-refractivity contribution is -0.142. The fourth-order valence-corrected chi connectivity index (χ4v) is 3.38. The van der Waals surface area contributed by atoms with Crippen molar-refractivity contribution in [2.24, 2.45) is 0 Å². The lowest BCUT2D eigenvalue weighted by Gasteiger charge is -2.15. The van der Waals surface area contributed by atoms with Crippen molar-refractivity contribution in [1.82, 2.24) is 25.3 Å². The summed E-state index contributed by atoms with van der Waals surface area (Å²) in [5.41, 5.74) is -1.01. The van der Waals surface area contributed by atoms with Gasteiger partial charge in [-0.3, -0.25) is 19.7 Å². The minimum atomic E-state index is -4.75. The zero-order valence-electron chi connectivity index (χ0n) is 16.0. The van der Waals surface area contributed by atoms with Gasteiger partial charge in [0, 0.05) is 18.0 Å². The molecule has 3 heterocycles. The highest BCUT2D eigenvalue weighted by molar-refractivity contribution is 5.92. The van der Waals surface area contributed by atoms with Crippen LogP contribution in [0.4, 0.5) is 26.3 Å². The molecule has 4 rings (SSSR count). The van der Waals surface area contributed by atoms with E-state index in [1.54, 1.807) is 6.07 Å². The average Bonchev–Trinajstić information content (AvgIpc) is 3.14. The van der Waals surface area contributed by atoms with Gasteiger partial charge in [0.2, 0.25) is 0 Å². The molecule has 0 spiro atoms. The maximum absolute atomic E-state index is 13.0. The largest absolute Gasteiger partial charge is 0.434 e. The van der Waals surface area contributed by atoms with Crippen LogP contribution < -0.4 is 5.32 Å². The van der Waals surface area contributed by atoms with Crippen LogP contribution in [0.2, 0.25) is 0 Å². The zero-order chi connectivity index (χ0) is 23.1. The Labute approximate surface area is 176 Å². The lowest BCUT2D eigenvalue weighted by Crippen LogP contribution is -2.28. The van der Waals surface area contributed by atoms with Gasteiger partial charge >= 0.3 is 12.4 Å². The SMILES string of the molecule is O=C(N[C@@H]1CCc2cnc(-c3ccnc(C(F)(F)F)c3)cc21)c1cncc(C(F)(F)F)n1. The van der Waals surface area contributed by atoms with Crippen LogP contribution in [0.15, 0.2) is 43.0 Å². The van der Waals surface area contributed by atoms with Crippen molar-refractivity contribution in [1.29, 1.82) is 0 Å². The van der Waals surface area contributed by atoms with Crippen LogP contribution in [-0.4, -0.2) is 25.8 Å². The normalized spacial score (nSPS) is 16.0. The number of nitrogens with zero attached hydrogens (tertiary/aromatic N) is 4. The minimum absolute atomic E-state index is 0.191. The second-order valence-electron chi connectivity index (χ2n) is 7.05. The molecule has 12 heteroatoms. The van der Waals surface area contributed by atoms with Gasteiger partial charge in [-0.15, -0.1) is 0 Å². The molecular formula is C20H13F6N5O. The van der Waals surface area contributed by atoms with Gasteiger partial charge in [0.25, 0.3) is 5.91 Å². The van der Waals surface area contributed by atoms with Gasteiger partial charge in [0.15, 0.2) is 5.69 Å². The van der Waals surface area contributed by atoms with Crippen molar-refractivity contribution in [3.05, 3.63) is 71.2 Å². The number of halogens is 6. The van der Waals surface area contributed by atoms with Crippen molar-refractivity contribution in [3.8, 4) is 11.3 Å². The minimum Gasteiger partial charge on any atom is -0.344 e. The molecule has 0 fully saturated rings. The number of amides is 1. The van der Waals surface area contributed by atoms with Gasteiger partial charge in [-0.25, -0.2) is 4.98 Å². The van der Waals surface area contributed by atoms with E-state index in [1.165, 1.54) is 12.3 Å². The van der Waals surface area contributed by atoms with Gasteiger partial charge in [0.05, 0.1) is 24.1 Å². The number of aryl methyl sites for hydroxylation is 1. The van der Waals surface area contributed by atoms with Crippen molar-refractivity contribution in [2.45, 2.75) is 31.2 Å². The van der Waals surface area contributed by atoms with Gasteiger partial charge in [-0.1, -0.05) is 0 Å². The number of fused-ring (bicyclic) bond motifs is 1. The summed E-state index contributed by atoms with van der Waals surface area (Å²) in [6.07, 6.45) is -4.40. The summed E-state index contributed by atoms with van der Waals surface area (Å²) < 4.78 is 77.4. The van der Waals surface area contributed by atoms with Gasteiger partial charge < -0.3 is 5.32 Å². The summed E-state index contributed by atoms with van der Waals surface area (Å²) in [5.74, 6) is -0.844. The van der Waals surface area contributed by atoms with Crippen molar-refractivity contribution in [2.75, 3.05) is 0 Å². The third-order valence-corrected chi connectivity index (χ3v) is 4.91. The van der Waals surface area contributed by atoms with E-state index >= 15 is 0 Å². The van der Waals surface area contributed by atoms with Crippen LogP contribution in [0, 0.1) is 0 Å². The van der Waals surface area contributed by atoms with E-state index in [1.807, 2.05) is 0 Å².